The van der Waals surface area contributed by atoms with Crippen molar-refractivity contribution in [2.75, 3.05) is 0 Å². The van der Waals surface area contributed by atoms with Crippen molar-refractivity contribution in [1.82, 2.24) is 5.32 Å². The van der Waals surface area contributed by atoms with Gasteiger partial charge < -0.3 is 0 Å². The highest BCUT2D eigenvalue weighted by molar-refractivity contribution is 6.00. The van der Waals surface area contributed by atoms with Gasteiger partial charge in [-0.1, -0.05) is 19.8 Å². The van der Waals surface area contributed by atoms with Gasteiger partial charge >= 0.3 is 0 Å². The number of hydrogen-bond donors (Lipinski definition) is 1. The van der Waals surface area contributed by atoms with E-state index in [1.165, 1.54) is 6.42 Å². The summed E-state index contributed by atoms with van der Waals surface area (Å²) in [7, 11) is 0. The van der Waals surface area contributed by atoms with E-state index in [9.17, 15) is 9.59 Å². The lowest BCUT2D eigenvalue weighted by molar-refractivity contribution is -0.147. The van der Waals surface area contributed by atoms with Gasteiger partial charge in [0.1, 0.15) is 0 Å². The Kier molecular flexibility index (Phi) is 1.90. The highest BCUT2D eigenvalue weighted by atomic mass is 16.2. The van der Waals surface area contributed by atoms with Gasteiger partial charge in [-0.3, -0.25) is 14.9 Å². The van der Waals surface area contributed by atoms with Crippen molar-refractivity contribution in [2.45, 2.75) is 39.0 Å². The van der Waals surface area contributed by atoms with E-state index in [0.717, 1.165) is 19.3 Å². The van der Waals surface area contributed by atoms with Crippen molar-refractivity contribution in [3.63, 3.8) is 0 Å². The van der Waals surface area contributed by atoms with Crippen LogP contribution in [0, 0.1) is 11.3 Å². The largest absolute Gasteiger partial charge is 0.296 e. The van der Waals surface area contributed by atoms with Crippen LogP contribution in [-0.2, 0) is 9.59 Å². The van der Waals surface area contributed by atoms with Gasteiger partial charge in [-0.05, 0) is 18.8 Å². The maximum atomic E-state index is 11.6. The van der Waals surface area contributed by atoms with Crippen molar-refractivity contribution in [3.8, 4) is 0 Å². The molecule has 1 aliphatic heterocycles. The summed E-state index contributed by atoms with van der Waals surface area (Å²) in [5.74, 6) is 0.158. The van der Waals surface area contributed by atoms with Gasteiger partial charge in [0.25, 0.3) is 0 Å². The predicted molar refractivity (Wildman–Crippen MR) is 47.8 cm³/mol. The van der Waals surface area contributed by atoms with Crippen molar-refractivity contribution in [3.05, 3.63) is 0 Å². The molecule has 72 valence electrons. The molecule has 2 aliphatic rings. The van der Waals surface area contributed by atoms with E-state index in [1.54, 1.807) is 0 Å². The van der Waals surface area contributed by atoms with Gasteiger partial charge in [-0.2, -0.15) is 0 Å². The molecule has 1 saturated heterocycles. The van der Waals surface area contributed by atoms with Crippen LogP contribution in [-0.4, -0.2) is 11.8 Å². The summed E-state index contributed by atoms with van der Waals surface area (Å²) in [5.41, 5.74) is -0.258. The number of fused-ring (bicyclic) bond motifs is 1. The van der Waals surface area contributed by atoms with Crippen LogP contribution in [0.2, 0.25) is 0 Å². The van der Waals surface area contributed by atoms with Crippen LogP contribution in [0.3, 0.4) is 0 Å². The summed E-state index contributed by atoms with van der Waals surface area (Å²) in [6, 6.07) is 0. The zero-order chi connectivity index (χ0) is 9.47. The SMILES string of the molecule is CC12CCCCC1CC(=O)NC2=O. The molecule has 13 heavy (non-hydrogen) atoms. The van der Waals surface area contributed by atoms with Gasteiger partial charge in [0, 0.05) is 6.42 Å². The van der Waals surface area contributed by atoms with Crippen molar-refractivity contribution in [2.24, 2.45) is 11.3 Å². The van der Waals surface area contributed by atoms with E-state index in [4.69, 9.17) is 0 Å². The number of amides is 2. The molecule has 1 aliphatic carbocycles. The third-order valence-corrected chi connectivity index (χ3v) is 3.60. The number of carbonyl (C=O) groups is 2. The van der Waals surface area contributed by atoms with E-state index in [0.29, 0.717) is 12.3 Å². The molecule has 1 N–H and O–H groups in total. The Hall–Kier alpha value is -0.860. The molecule has 2 atom stereocenters. The average Bonchev–Trinajstić information content (AvgIpc) is 2.07. The fourth-order valence-corrected chi connectivity index (χ4v) is 2.58. The molecule has 0 bridgehead atoms. The van der Waals surface area contributed by atoms with Crippen LogP contribution >= 0.6 is 0 Å². The number of imide groups is 1. The summed E-state index contributed by atoms with van der Waals surface area (Å²) in [5, 5.41) is 2.44. The van der Waals surface area contributed by atoms with Gasteiger partial charge in [-0.25, -0.2) is 0 Å². The van der Waals surface area contributed by atoms with Gasteiger partial charge in [0.15, 0.2) is 0 Å². The molecule has 3 nitrogen and oxygen atoms in total. The lowest BCUT2D eigenvalue weighted by atomic mass is 9.64. The third kappa shape index (κ3) is 1.26. The summed E-state index contributed by atoms with van der Waals surface area (Å²) >= 11 is 0. The number of nitrogens with one attached hydrogen (secondary N) is 1. The first-order valence-electron chi connectivity index (χ1n) is 4.97. The monoisotopic (exact) mass is 181 g/mol. The molecule has 0 aromatic carbocycles. The Morgan fingerprint density at radius 3 is 2.92 bits per heavy atom. The Balaban J connectivity index is 2.25. The lowest BCUT2D eigenvalue weighted by Crippen LogP contribution is -2.53. The quantitative estimate of drug-likeness (QED) is 0.571. The molecule has 2 fully saturated rings. The van der Waals surface area contributed by atoms with Crippen LogP contribution in [0.25, 0.3) is 0 Å². The summed E-state index contributed by atoms with van der Waals surface area (Å²) in [6.45, 7) is 2.00. The zero-order valence-electron chi connectivity index (χ0n) is 7.93. The molecule has 3 heteroatoms. The number of carbonyl (C=O) groups excluding carboxylic acids is 2. The maximum Gasteiger partial charge on any atom is 0.232 e. The van der Waals surface area contributed by atoms with E-state index in [-0.39, 0.29) is 17.2 Å². The molecule has 0 spiro atoms. The number of hydrogen-bond acceptors (Lipinski definition) is 2. The van der Waals surface area contributed by atoms with Crippen LogP contribution in [0.4, 0.5) is 0 Å². The second-order valence-corrected chi connectivity index (χ2v) is 4.44. The minimum Gasteiger partial charge on any atom is -0.296 e. The summed E-state index contributed by atoms with van der Waals surface area (Å²) in [6.07, 6.45) is 4.81. The second-order valence-electron chi connectivity index (χ2n) is 4.44. The number of piperidine rings is 1. The topological polar surface area (TPSA) is 46.2 Å². The van der Waals surface area contributed by atoms with Crippen LogP contribution < -0.4 is 5.32 Å². The fraction of sp³-hybridized carbons (Fsp3) is 0.800. The maximum absolute atomic E-state index is 11.6. The van der Waals surface area contributed by atoms with Crippen LogP contribution in [0.1, 0.15) is 39.0 Å². The van der Waals surface area contributed by atoms with Gasteiger partial charge in [0.2, 0.25) is 11.8 Å². The molecule has 0 radical (unpaired) electrons. The molecular weight excluding hydrogens is 166 g/mol. The molecule has 0 aromatic heterocycles. The van der Waals surface area contributed by atoms with Gasteiger partial charge in [-0.15, -0.1) is 0 Å². The first kappa shape index (κ1) is 8.73. The first-order valence-corrected chi connectivity index (χ1v) is 4.97. The molecule has 2 amide bonds. The van der Waals surface area contributed by atoms with Gasteiger partial charge in [0.05, 0.1) is 5.41 Å². The molecule has 1 heterocycles. The van der Waals surface area contributed by atoms with E-state index >= 15 is 0 Å². The Morgan fingerprint density at radius 2 is 2.15 bits per heavy atom. The smallest absolute Gasteiger partial charge is 0.232 e. The zero-order valence-corrected chi connectivity index (χ0v) is 7.93. The standard InChI is InChI=1S/C10H15NO2/c1-10-5-3-2-4-7(10)6-8(12)11-9(10)13/h7H,2-6H2,1H3,(H,11,12,13). The fourth-order valence-electron chi connectivity index (χ4n) is 2.58. The second kappa shape index (κ2) is 2.82. The minimum atomic E-state index is -0.258. The van der Waals surface area contributed by atoms with Crippen molar-refractivity contribution in [1.29, 1.82) is 0 Å². The molecule has 2 rings (SSSR count). The predicted octanol–water partition coefficient (Wildman–Crippen LogP) is 1.23. The normalized spacial score (nSPS) is 39.6. The Labute approximate surface area is 77.9 Å². The van der Waals surface area contributed by atoms with Crippen LogP contribution in [0.5, 0.6) is 0 Å². The summed E-state index contributed by atoms with van der Waals surface area (Å²) < 4.78 is 0. The van der Waals surface area contributed by atoms with E-state index in [1.807, 2.05) is 6.92 Å². The van der Waals surface area contributed by atoms with Crippen molar-refractivity contribution >= 4 is 11.8 Å². The lowest BCUT2D eigenvalue weighted by Gasteiger charge is -2.42. The third-order valence-electron chi connectivity index (χ3n) is 3.60. The highest BCUT2D eigenvalue weighted by Crippen LogP contribution is 2.44. The molecule has 2 unspecified atom stereocenters. The first-order chi connectivity index (χ1) is 6.13. The highest BCUT2D eigenvalue weighted by Gasteiger charge is 2.47. The van der Waals surface area contributed by atoms with Crippen molar-refractivity contribution < 1.29 is 9.59 Å². The molecular formula is C10H15NO2. The Bertz CT molecular complexity index is 262. The number of rotatable bonds is 0. The van der Waals surface area contributed by atoms with Crippen LogP contribution in [0.15, 0.2) is 0 Å². The summed E-state index contributed by atoms with van der Waals surface area (Å²) in [4.78, 5) is 22.8. The minimum absolute atomic E-state index is 0.0477. The van der Waals surface area contributed by atoms with E-state index in [2.05, 4.69) is 5.32 Å². The molecule has 1 saturated carbocycles. The molecule has 0 aromatic rings. The van der Waals surface area contributed by atoms with E-state index < -0.39 is 0 Å². The Morgan fingerprint density at radius 1 is 1.38 bits per heavy atom. The average molecular weight is 181 g/mol.